The number of piperazine rings is 1. The number of nitrogens with one attached hydrogen (secondary N) is 1. The van der Waals surface area contributed by atoms with Crippen LogP contribution in [-0.2, 0) is 16.0 Å². The monoisotopic (exact) mass is 544 g/mol. The van der Waals surface area contributed by atoms with Crippen LogP contribution in [0.3, 0.4) is 0 Å². The molecule has 0 spiro atoms. The summed E-state index contributed by atoms with van der Waals surface area (Å²) in [6.45, 7) is 8.20. The molecular formula is C23H34F2N6O3S2. The van der Waals surface area contributed by atoms with Crippen molar-refractivity contribution in [3.05, 3.63) is 41.5 Å². The second-order valence-corrected chi connectivity index (χ2v) is 12.4. The van der Waals surface area contributed by atoms with Crippen LogP contribution < -0.4 is 9.46 Å². The molecule has 1 aromatic heterocycles. The summed E-state index contributed by atoms with van der Waals surface area (Å²) < 4.78 is 62.7. The Bertz CT molecular complexity index is 1140. The van der Waals surface area contributed by atoms with Gasteiger partial charge in [-0.25, -0.2) is 13.8 Å². The van der Waals surface area contributed by atoms with Gasteiger partial charge in [-0.1, -0.05) is 37.7 Å². The second kappa shape index (κ2) is 12.0. The van der Waals surface area contributed by atoms with E-state index in [0.29, 0.717) is 26.2 Å². The number of rotatable bonds is 11. The van der Waals surface area contributed by atoms with Crippen LogP contribution in [0.1, 0.15) is 19.4 Å². The second-order valence-electron chi connectivity index (χ2n) is 9.76. The Balaban J connectivity index is 1.64. The minimum Gasteiger partial charge on any atom is -0.481 e. The van der Waals surface area contributed by atoms with Gasteiger partial charge in [0, 0.05) is 56.7 Å². The van der Waals surface area contributed by atoms with Crippen molar-refractivity contribution in [2.24, 2.45) is 5.41 Å². The Morgan fingerprint density at radius 2 is 1.86 bits per heavy atom. The van der Waals surface area contributed by atoms with E-state index in [2.05, 4.69) is 38.3 Å². The van der Waals surface area contributed by atoms with E-state index in [0.717, 1.165) is 30.9 Å². The molecule has 36 heavy (non-hydrogen) atoms. The zero-order chi connectivity index (χ0) is 26.5. The first kappa shape index (κ1) is 28.5. The average molecular weight is 545 g/mol. The molecule has 1 aliphatic rings. The van der Waals surface area contributed by atoms with Gasteiger partial charge in [0.25, 0.3) is 0 Å². The molecule has 0 saturated carbocycles. The van der Waals surface area contributed by atoms with Crippen LogP contribution >= 0.6 is 11.8 Å². The standard InChI is InChI=1S/C23H34F2N6O3S2/c1-23(2,15-29(3)4)16-30-9-11-31(12-10-30)36(32,33)28-19-13-20(34-5)27-22(26-19)35-14-17-7-6-8-18(24)21(17)25/h6-8,13H,9-12,14-16H2,1-5H3,(H,26,27,28). The summed E-state index contributed by atoms with van der Waals surface area (Å²) in [5.74, 6) is -1.61. The number of halogens is 2. The van der Waals surface area contributed by atoms with Gasteiger partial charge in [-0.3, -0.25) is 4.72 Å². The Hall–Kier alpha value is -2.06. The summed E-state index contributed by atoms with van der Waals surface area (Å²) in [5, 5.41) is 0.170. The van der Waals surface area contributed by atoms with E-state index in [1.807, 2.05) is 14.1 Å². The number of anilines is 1. The zero-order valence-electron chi connectivity index (χ0n) is 21.3. The van der Waals surface area contributed by atoms with Crippen LogP contribution in [0.25, 0.3) is 0 Å². The van der Waals surface area contributed by atoms with Crippen LogP contribution in [0.15, 0.2) is 29.4 Å². The van der Waals surface area contributed by atoms with Crippen molar-refractivity contribution in [1.82, 2.24) is 24.1 Å². The maximum atomic E-state index is 14.0. The Labute approximate surface area is 216 Å². The molecule has 13 heteroatoms. The molecule has 1 fully saturated rings. The lowest BCUT2D eigenvalue weighted by molar-refractivity contribution is 0.113. The van der Waals surface area contributed by atoms with Crippen LogP contribution in [-0.4, -0.2) is 93.0 Å². The molecule has 0 radical (unpaired) electrons. The van der Waals surface area contributed by atoms with Crippen molar-refractivity contribution in [3.63, 3.8) is 0 Å². The number of hydrogen-bond donors (Lipinski definition) is 1. The predicted octanol–water partition coefficient (Wildman–Crippen LogP) is 2.92. The number of hydrogen-bond acceptors (Lipinski definition) is 8. The molecular weight excluding hydrogens is 510 g/mol. The van der Waals surface area contributed by atoms with E-state index in [4.69, 9.17) is 4.74 Å². The smallest absolute Gasteiger partial charge is 0.302 e. The van der Waals surface area contributed by atoms with E-state index >= 15 is 0 Å². The molecule has 2 heterocycles. The molecule has 2 aromatic rings. The molecule has 1 aromatic carbocycles. The maximum absolute atomic E-state index is 14.0. The van der Waals surface area contributed by atoms with Crippen LogP contribution in [0, 0.1) is 17.0 Å². The van der Waals surface area contributed by atoms with Crippen molar-refractivity contribution in [3.8, 4) is 5.88 Å². The van der Waals surface area contributed by atoms with Crippen molar-refractivity contribution in [1.29, 1.82) is 0 Å². The van der Waals surface area contributed by atoms with E-state index in [9.17, 15) is 17.2 Å². The minimum atomic E-state index is -3.86. The molecule has 0 unspecified atom stereocenters. The number of ether oxygens (including phenoxy) is 1. The number of aromatic nitrogens is 2. The molecule has 1 aliphatic heterocycles. The van der Waals surface area contributed by atoms with Crippen LogP contribution in [0.2, 0.25) is 0 Å². The fourth-order valence-electron chi connectivity index (χ4n) is 4.26. The van der Waals surface area contributed by atoms with E-state index < -0.39 is 21.8 Å². The highest BCUT2D eigenvalue weighted by Crippen LogP contribution is 2.26. The van der Waals surface area contributed by atoms with Gasteiger partial charge in [-0.05, 0) is 25.6 Å². The van der Waals surface area contributed by atoms with E-state index in [-0.39, 0.29) is 33.6 Å². The summed E-state index contributed by atoms with van der Waals surface area (Å²) in [6.07, 6.45) is 0. The first-order valence-corrected chi connectivity index (χ1v) is 13.9. The van der Waals surface area contributed by atoms with Crippen LogP contribution in [0.5, 0.6) is 5.88 Å². The SMILES string of the molecule is COc1cc(NS(=O)(=O)N2CCN(CC(C)(C)CN(C)C)CC2)nc(SCc2cccc(F)c2F)n1. The maximum Gasteiger partial charge on any atom is 0.302 e. The lowest BCUT2D eigenvalue weighted by Crippen LogP contribution is -2.52. The lowest BCUT2D eigenvalue weighted by Gasteiger charge is -2.39. The highest BCUT2D eigenvalue weighted by Gasteiger charge is 2.30. The van der Waals surface area contributed by atoms with Crippen LogP contribution in [0.4, 0.5) is 14.6 Å². The van der Waals surface area contributed by atoms with Gasteiger partial charge in [-0.15, -0.1) is 0 Å². The highest BCUT2D eigenvalue weighted by molar-refractivity contribution is 7.98. The normalized spacial score (nSPS) is 15.9. The van der Waals surface area contributed by atoms with Gasteiger partial charge < -0.3 is 14.5 Å². The predicted molar refractivity (Wildman–Crippen MR) is 137 cm³/mol. The highest BCUT2D eigenvalue weighted by atomic mass is 32.2. The Morgan fingerprint density at radius 3 is 2.50 bits per heavy atom. The fraction of sp³-hybridized carbons (Fsp3) is 0.565. The van der Waals surface area contributed by atoms with Gasteiger partial charge in [0.05, 0.1) is 7.11 Å². The van der Waals surface area contributed by atoms with Gasteiger partial charge >= 0.3 is 10.2 Å². The summed E-state index contributed by atoms with van der Waals surface area (Å²) in [7, 11) is 1.63. The third-order valence-electron chi connectivity index (χ3n) is 5.58. The quantitative estimate of drug-likeness (QED) is 0.341. The number of thioether (sulfide) groups is 1. The summed E-state index contributed by atoms with van der Waals surface area (Å²) >= 11 is 1.04. The molecule has 9 nitrogen and oxygen atoms in total. The van der Waals surface area contributed by atoms with Gasteiger partial charge in [0.15, 0.2) is 16.8 Å². The molecule has 200 valence electrons. The molecule has 0 amide bonds. The summed E-state index contributed by atoms with van der Waals surface area (Å²) in [6, 6.07) is 5.31. The fourth-order valence-corrected chi connectivity index (χ4v) is 6.23. The van der Waals surface area contributed by atoms with Gasteiger partial charge in [-0.2, -0.15) is 17.7 Å². The minimum absolute atomic E-state index is 0.0404. The lowest BCUT2D eigenvalue weighted by atomic mass is 9.92. The third kappa shape index (κ3) is 7.97. The zero-order valence-corrected chi connectivity index (χ0v) is 22.9. The Morgan fingerprint density at radius 1 is 1.17 bits per heavy atom. The molecule has 0 aliphatic carbocycles. The molecule has 0 atom stereocenters. The van der Waals surface area contributed by atoms with Gasteiger partial charge in [0.1, 0.15) is 5.82 Å². The number of benzene rings is 1. The third-order valence-corrected chi connectivity index (χ3v) is 7.99. The van der Waals surface area contributed by atoms with Crippen molar-refractivity contribution >= 4 is 27.8 Å². The number of nitrogens with zero attached hydrogens (tertiary/aromatic N) is 5. The Kier molecular flexibility index (Phi) is 9.50. The van der Waals surface area contributed by atoms with Gasteiger partial charge in [0.2, 0.25) is 5.88 Å². The molecule has 1 N–H and O–H groups in total. The molecule has 0 bridgehead atoms. The summed E-state index contributed by atoms with van der Waals surface area (Å²) in [5.41, 5.74) is 0.239. The number of methoxy groups -OCH3 is 1. The largest absolute Gasteiger partial charge is 0.481 e. The topological polar surface area (TPSA) is 90.9 Å². The summed E-state index contributed by atoms with van der Waals surface area (Å²) in [4.78, 5) is 12.9. The first-order chi connectivity index (χ1) is 16.9. The van der Waals surface area contributed by atoms with Crippen molar-refractivity contribution < 1.29 is 21.9 Å². The van der Waals surface area contributed by atoms with E-state index in [1.165, 1.54) is 29.6 Å². The van der Waals surface area contributed by atoms with Crippen molar-refractivity contribution in [2.45, 2.75) is 24.8 Å². The average Bonchev–Trinajstić information content (AvgIpc) is 2.78. The first-order valence-electron chi connectivity index (χ1n) is 11.5. The van der Waals surface area contributed by atoms with Crippen molar-refractivity contribution in [2.75, 3.05) is 65.2 Å². The van der Waals surface area contributed by atoms with E-state index in [1.54, 1.807) is 0 Å². The molecule has 1 saturated heterocycles. The molecule has 3 rings (SSSR count).